The quantitative estimate of drug-likeness (QED) is 0.382. The molecular formula is C16H27NO4. The van der Waals surface area contributed by atoms with Crippen LogP contribution < -0.4 is 5.32 Å². The van der Waals surface area contributed by atoms with Gasteiger partial charge in [0.2, 0.25) is 5.91 Å². The van der Waals surface area contributed by atoms with Crippen LogP contribution >= 0.6 is 0 Å². The molecule has 5 nitrogen and oxygen atoms in total. The van der Waals surface area contributed by atoms with Crippen LogP contribution in [0.15, 0.2) is 0 Å². The van der Waals surface area contributed by atoms with E-state index in [1.54, 1.807) is 0 Å². The van der Waals surface area contributed by atoms with E-state index in [-0.39, 0.29) is 30.2 Å². The summed E-state index contributed by atoms with van der Waals surface area (Å²) >= 11 is 0. The molecule has 0 aromatic rings. The van der Waals surface area contributed by atoms with Crippen LogP contribution in [0.3, 0.4) is 0 Å². The predicted molar refractivity (Wildman–Crippen MR) is 79.7 cm³/mol. The van der Waals surface area contributed by atoms with E-state index in [4.69, 9.17) is 4.74 Å². The zero-order valence-electron chi connectivity index (χ0n) is 13.2. The smallest absolute Gasteiger partial charge is 0.329 e. The third-order valence-corrected chi connectivity index (χ3v) is 3.70. The Hall–Kier alpha value is -1.39. The van der Waals surface area contributed by atoms with Crippen molar-refractivity contribution in [2.24, 2.45) is 0 Å². The van der Waals surface area contributed by atoms with Gasteiger partial charge in [-0.2, -0.15) is 0 Å². The lowest BCUT2D eigenvalue weighted by Gasteiger charge is -2.08. The van der Waals surface area contributed by atoms with Crippen molar-refractivity contribution in [3.63, 3.8) is 0 Å². The van der Waals surface area contributed by atoms with Crippen LogP contribution in [0.1, 0.15) is 71.6 Å². The Morgan fingerprint density at radius 3 is 2.57 bits per heavy atom. The molecular weight excluding hydrogens is 270 g/mol. The maximum Gasteiger partial charge on any atom is 0.329 e. The average molecular weight is 297 g/mol. The summed E-state index contributed by atoms with van der Waals surface area (Å²) in [7, 11) is 0. The summed E-state index contributed by atoms with van der Waals surface area (Å²) in [6.45, 7) is 4.15. The van der Waals surface area contributed by atoms with Crippen molar-refractivity contribution >= 4 is 17.7 Å². The highest BCUT2D eigenvalue weighted by atomic mass is 16.6. The number of rotatable bonds is 10. The molecule has 1 heterocycles. The summed E-state index contributed by atoms with van der Waals surface area (Å²) in [6, 6.07) is -0.581. The van der Waals surface area contributed by atoms with Gasteiger partial charge in [0.25, 0.3) is 0 Å². The molecule has 0 aliphatic carbocycles. The number of unbranched alkanes of at least 4 members (excludes halogenated alkanes) is 3. The molecule has 1 fully saturated rings. The van der Waals surface area contributed by atoms with Crippen LogP contribution in [0.25, 0.3) is 0 Å². The Labute approximate surface area is 126 Å². The van der Waals surface area contributed by atoms with Crippen molar-refractivity contribution in [3.05, 3.63) is 0 Å². The van der Waals surface area contributed by atoms with E-state index in [1.807, 2.05) is 0 Å². The predicted octanol–water partition coefficient (Wildman–Crippen LogP) is 2.52. The third-order valence-electron chi connectivity index (χ3n) is 3.70. The molecule has 0 unspecified atom stereocenters. The molecule has 120 valence electrons. The van der Waals surface area contributed by atoms with E-state index < -0.39 is 6.04 Å². The van der Waals surface area contributed by atoms with Gasteiger partial charge in [-0.15, -0.1) is 0 Å². The molecule has 0 bridgehead atoms. The van der Waals surface area contributed by atoms with Crippen LogP contribution in [-0.4, -0.2) is 29.8 Å². The Morgan fingerprint density at radius 1 is 1.19 bits per heavy atom. The number of esters is 1. The van der Waals surface area contributed by atoms with Gasteiger partial charge in [0.15, 0.2) is 0 Å². The number of carbonyl (C=O) groups is 3. The molecule has 0 spiro atoms. The van der Waals surface area contributed by atoms with Crippen LogP contribution in [0.5, 0.6) is 0 Å². The SMILES string of the molecule is CCCCCC(=O)CC(=O)N[C@@H]1C[C@H](CCCC)OC1=O. The lowest BCUT2D eigenvalue weighted by Crippen LogP contribution is -2.38. The number of cyclic esters (lactones) is 1. The minimum Gasteiger partial charge on any atom is -0.461 e. The first-order valence-electron chi connectivity index (χ1n) is 8.08. The van der Waals surface area contributed by atoms with Crippen LogP contribution in [0.4, 0.5) is 0 Å². The van der Waals surface area contributed by atoms with Crippen molar-refractivity contribution in [2.75, 3.05) is 0 Å². The summed E-state index contributed by atoms with van der Waals surface area (Å²) in [4.78, 5) is 35.0. The zero-order chi connectivity index (χ0) is 15.7. The van der Waals surface area contributed by atoms with Gasteiger partial charge < -0.3 is 10.1 Å². The van der Waals surface area contributed by atoms with Crippen LogP contribution in [0.2, 0.25) is 0 Å². The number of ether oxygens (including phenoxy) is 1. The molecule has 0 aromatic carbocycles. The summed E-state index contributed by atoms with van der Waals surface area (Å²) in [5.74, 6) is -0.799. The summed E-state index contributed by atoms with van der Waals surface area (Å²) in [5, 5.41) is 2.62. The average Bonchev–Trinajstić information content (AvgIpc) is 2.77. The summed E-state index contributed by atoms with van der Waals surface area (Å²) < 4.78 is 5.22. The summed E-state index contributed by atoms with van der Waals surface area (Å²) in [6.07, 6.45) is 6.51. The molecule has 1 rings (SSSR count). The molecule has 1 aliphatic heterocycles. The topological polar surface area (TPSA) is 72.5 Å². The van der Waals surface area contributed by atoms with Crippen molar-refractivity contribution in [3.8, 4) is 0 Å². The molecule has 0 saturated carbocycles. The molecule has 0 radical (unpaired) electrons. The van der Waals surface area contributed by atoms with Gasteiger partial charge >= 0.3 is 5.97 Å². The Bertz CT molecular complexity index is 367. The number of hydrogen-bond donors (Lipinski definition) is 1. The molecule has 1 N–H and O–H groups in total. The Kier molecular flexibility index (Phi) is 8.01. The van der Waals surface area contributed by atoms with Gasteiger partial charge in [-0.3, -0.25) is 9.59 Å². The van der Waals surface area contributed by atoms with Gasteiger partial charge in [0.05, 0.1) is 6.42 Å². The number of nitrogens with one attached hydrogen (secondary N) is 1. The number of carbonyl (C=O) groups excluding carboxylic acids is 3. The van der Waals surface area contributed by atoms with Crippen LogP contribution in [0, 0.1) is 0 Å². The molecule has 1 saturated heterocycles. The van der Waals surface area contributed by atoms with Crippen molar-refractivity contribution in [1.29, 1.82) is 0 Å². The monoisotopic (exact) mass is 297 g/mol. The molecule has 5 heteroatoms. The van der Waals surface area contributed by atoms with E-state index in [2.05, 4.69) is 19.2 Å². The van der Waals surface area contributed by atoms with E-state index >= 15 is 0 Å². The summed E-state index contributed by atoms with van der Waals surface area (Å²) in [5.41, 5.74) is 0. The van der Waals surface area contributed by atoms with E-state index in [1.165, 1.54) is 0 Å². The van der Waals surface area contributed by atoms with Crippen LogP contribution in [-0.2, 0) is 19.1 Å². The van der Waals surface area contributed by atoms with Gasteiger partial charge in [0.1, 0.15) is 17.9 Å². The molecule has 21 heavy (non-hydrogen) atoms. The lowest BCUT2D eigenvalue weighted by molar-refractivity contribution is -0.144. The molecule has 2 atom stereocenters. The Morgan fingerprint density at radius 2 is 1.90 bits per heavy atom. The lowest BCUT2D eigenvalue weighted by atomic mass is 10.1. The standard InChI is InChI=1S/C16H27NO4/c1-3-5-7-8-12(18)10-15(19)17-14-11-13(9-6-4-2)21-16(14)20/h13-14H,3-11H2,1-2H3,(H,17,19)/t13-,14+/m0/s1. The van der Waals surface area contributed by atoms with E-state index in [9.17, 15) is 14.4 Å². The fourth-order valence-corrected chi connectivity index (χ4v) is 2.47. The molecule has 0 aromatic heterocycles. The van der Waals surface area contributed by atoms with E-state index in [0.717, 1.165) is 38.5 Å². The molecule has 1 aliphatic rings. The number of amides is 1. The van der Waals surface area contributed by atoms with Gasteiger partial charge in [0, 0.05) is 12.8 Å². The molecule has 1 amide bonds. The minimum absolute atomic E-state index is 0.0603. The number of hydrogen-bond acceptors (Lipinski definition) is 4. The first-order chi connectivity index (χ1) is 10.1. The first-order valence-corrected chi connectivity index (χ1v) is 8.08. The fourth-order valence-electron chi connectivity index (χ4n) is 2.47. The maximum absolute atomic E-state index is 11.8. The minimum atomic E-state index is -0.581. The maximum atomic E-state index is 11.8. The van der Waals surface area contributed by atoms with Gasteiger partial charge in [-0.05, 0) is 12.8 Å². The van der Waals surface area contributed by atoms with Gasteiger partial charge in [-0.25, -0.2) is 4.79 Å². The second kappa shape index (κ2) is 9.53. The Balaban J connectivity index is 2.27. The van der Waals surface area contributed by atoms with Crippen molar-refractivity contribution in [1.82, 2.24) is 5.32 Å². The second-order valence-corrected chi connectivity index (χ2v) is 5.73. The highest BCUT2D eigenvalue weighted by Gasteiger charge is 2.35. The van der Waals surface area contributed by atoms with Crippen molar-refractivity contribution in [2.45, 2.75) is 83.8 Å². The zero-order valence-corrected chi connectivity index (χ0v) is 13.2. The van der Waals surface area contributed by atoms with E-state index in [0.29, 0.717) is 12.8 Å². The highest BCUT2D eigenvalue weighted by molar-refractivity contribution is 5.99. The largest absolute Gasteiger partial charge is 0.461 e. The third kappa shape index (κ3) is 6.74. The first kappa shape index (κ1) is 17.7. The number of ketones is 1. The van der Waals surface area contributed by atoms with Crippen molar-refractivity contribution < 1.29 is 19.1 Å². The fraction of sp³-hybridized carbons (Fsp3) is 0.812. The second-order valence-electron chi connectivity index (χ2n) is 5.73. The number of Topliss-reactive ketones (excluding diaryl/α,β-unsaturated/α-hetero) is 1. The van der Waals surface area contributed by atoms with Gasteiger partial charge in [-0.1, -0.05) is 39.5 Å². The highest BCUT2D eigenvalue weighted by Crippen LogP contribution is 2.20. The normalized spacial score (nSPS) is 21.1.